The minimum Gasteiger partial charge on any atom is -0.485 e. The zero-order chi connectivity index (χ0) is 14.9. The fourth-order valence-corrected chi connectivity index (χ4v) is 3.00. The molecule has 2 nitrogen and oxygen atoms in total. The molecule has 0 saturated heterocycles. The Hall–Kier alpha value is -1.96. The first-order valence-electron chi connectivity index (χ1n) is 7.73. The van der Waals surface area contributed by atoms with Gasteiger partial charge in [0, 0.05) is 11.3 Å². The lowest BCUT2D eigenvalue weighted by Crippen LogP contribution is -2.34. The van der Waals surface area contributed by atoms with Crippen molar-refractivity contribution in [3.8, 4) is 5.75 Å². The van der Waals surface area contributed by atoms with E-state index in [1.54, 1.807) is 0 Å². The molecule has 0 spiro atoms. The summed E-state index contributed by atoms with van der Waals surface area (Å²) in [6.07, 6.45) is 2.32. The first-order chi connectivity index (χ1) is 10.1. The van der Waals surface area contributed by atoms with Crippen molar-refractivity contribution in [2.24, 2.45) is 0 Å². The number of hydrogen-bond donors (Lipinski definition) is 1. The van der Waals surface area contributed by atoms with Gasteiger partial charge in [-0.1, -0.05) is 43.7 Å². The molecule has 2 heteroatoms. The monoisotopic (exact) mass is 281 g/mol. The summed E-state index contributed by atoms with van der Waals surface area (Å²) in [5.41, 5.74) is 3.53. The first-order valence-corrected chi connectivity index (χ1v) is 7.73. The van der Waals surface area contributed by atoms with Gasteiger partial charge in [0.15, 0.2) is 0 Å². The van der Waals surface area contributed by atoms with Crippen LogP contribution in [0.2, 0.25) is 0 Å². The van der Waals surface area contributed by atoms with Gasteiger partial charge in [0.2, 0.25) is 0 Å². The second-order valence-corrected chi connectivity index (χ2v) is 6.27. The highest BCUT2D eigenvalue weighted by Gasteiger charge is 2.40. The number of hydrogen-bond acceptors (Lipinski definition) is 2. The molecule has 1 aliphatic heterocycles. The van der Waals surface area contributed by atoms with E-state index in [1.807, 2.05) is 12.1 Å². The Labute approximate surface area is 127 Å². The molecular weight excluding hydrogens is 258 g/mol. The second kappa shape index (κ2) is 5.44. The van der Waals surface area contributed by atoms with Crippen molar-refractivity contribution in [1.29, 1.82) is 0 Å². The number of fused-ring (bicyclic) bond motifs is 1. The molecule has 0 radical (unpaired) electrons. The van der Waals surface area contributed by atoms with Crippen LogP contribution in [0.4, 0.5) is 5.69 Å². The highest BCUT2D eigenvalue weighted by atomic mass is 16.5. The molecule has 1 heterocycles. The zero-order valence-electron chi connectivity index (χ0n) is 13.0. The predicted octanol–water partition coefficient (Wildman–Crippen LogP) is 4.96. The number of para-hydroxylation sites is 1. The summed E-state index contributed by atoms with van der Waals surface area (Å²) in [5.74, 6) is 0.989. The third kappa shape index (κ3) is 2.76. The van der Waals surface area contributed by atoms with E-state index in [0.717, 1.165) is 17.9 Å². The van der Waals surface area contributed by atoms with Crippen molar-refractivity contribution in [2.75, 3.05) is 5.32 Å². The molecule has 1 N–H and O–H groups in total. The van der Waals surface area contributed by atoms with Crippen molar-refractivity contribution >= 4 is 5.69 Å². The molecule has 21 heavy (non-hydrogen) atoms. The number of ether oxygens (including phenoxy) is 1. The van der Waals surface area contributed by atoms with Crippen LogP contribution in [-0.4, -0.2) is 5.60 Å². The Morgan fingerprint density at radius 1 is 1.05 bits per heavy atom. The van der Waals surface area contributed by atoms with Crippen LogP contribution in [-0.2, 0) is 6.42 Å². The minimum absolute atomic E-state index is 0.172. The molecular formula is C19H23NO. The smallest absolute Gasteiger partial charge is 0.128 e. The third-order valence-corrected chi connectivity index (χ3v) is 4.10. The van der Waals surface area contributed by atoms with Crippen molar-refractivity contribution in [2.45, 2.75) is 45.3 Å². The standard InChI is InChI=1S/C19H23NO/c1-4-7-14-10-12-15(13-11-14)20-18-16-8-5-6-9-17(16)21-19(18,2)3/h5-6,8-13,18,20H,4,7H2,1-3H3. The molecule has 3 rings (SSSR count). The van der Waals surface area contributed by atoms with E-state index in [2.05, 4.69) is 62.5 Å². The Morgan fingerprint density at radius 2 is 1.76 bits per heavy atom. The molecule has 2 aromatic rings. The third-order valence-electron chi connectivity index (χ3n) is 4.10. The minimum atomic E-state index is -0.244. The Bertz CT molecular complexity index is 616. The summed E-state index contributed by atoms with van der Waals surface area (Å²) in [6.45, 7) is 6.48. The Kier molecular flexibility index (Phi) is 3.62. The van der Waals surface area contributed by atoms with Gasteiger partial charge in [-0.2, -0.15) is 0 Å². The fraction of sp³-hybridized carbons (Fsp3) is 0.368. The van der Waals surface area contributed by atoms with E-state index >= 15 is 0 Å². The molecule has 0 aromatic heterocycles. The summed E-state index contributed by atoms with van der Waals surface area (Å²) in [4.78, 5) is 0. The molecule has 0 bridgehead atoms. The summed E-state index contributed by atoms with van der Waals surface area (Å²) < 4.78 is 6.08. The molecule has 2 aromatic carbocycles. The molecule has 0 amide bonds. The summed E-state index contributed by atoms with van der Waals surface area (Å²) in [5, 5.41) is 3.63. The lowest BCUT2D eigenvalue weighted by Gasteiger charge is -2.28. The van der Waals surface area contributed by atoms with Gasteiger partial charge in [-0.25, -0.2) is 0 Å². The van der Waals surface area contributed by atoms with Crippen LogP contribution in [0.15, 0.2) is 48.5 Å². The topological polar surface area (TPSA) is 21.3 Å². The van der Waals surface area contributed by atoms with Crippen LogP contribution >= 0.6 is 0 Å². The average Bonchev–Trinajstić information content (AvgIpc) is 2.72. The Morgan fingerprint density at radius 3 is 2.48 bits per heavy atom. The summed E-state index contributed by atoms with van der Waals surface area (Å²) in [6, 6.07) is 17.2. The molecule has 0 saturated carbocycles. The van der Waals surface area contributed by atoms with E-state index in [0.29, 0.717) is 0 Å². The van der Waals surface area contributed by atoms with Crippen molar-refractivity contribution in [1.82, 2.24) is 0 Å². The number of anilines is 1. The van der Waals surface area contributed by atoms with Crippen LogP contribution < -0.4 is 10.1 Å². The van der Waals surface area contributed by atoms with E-state index in [9.17, 15) is 0 Å². The first kappa shape index (κ1) is 14.0. The van der Waals surface area contributed by atoms with Gasteiger partial charge in [0.1, 0.15) is 11.4 Å². The largest absolute Gasteiger partial charge is 0.485 e. The number of nitrogens with one attached hydrogen (secondary N) is 1. The van der Waals surface area contributed by atoms with Crippen molar-refractivity contribution in [3.05, 3.63) is 59.7 Å². The van der Waals surface area contributed by atoms with Crippen molar-refractivity contribution < 1.29 is 4.74 Å². The molecule has 0 aliphatic carbocycles. The molecule has 0 fully saturated rings. The normalized spacial score (nSPS) is 18.9. The predicted molar refractivity (Wildman–Crippen MR) is 87.9 cm³/mol. The zero-order valence-corrected chi connectivity index (χ0v) is 13.0. The van der Waals surface area contributed by atoms with Crippen LogP contribution in [0.5, 0.6) is 5.75 Å². The fourth-order valence-electron chi connectivity index (χ4n) is 3.00. The van der Waals surface area contributed by atoms with Crippen LogP contribution in [0.3, 0.4) is 0 Å². The van der Waals surface area contributed by atoms with Gasteiger partial charge >= 0.3 is 0 Å². The van der Waals surface area contributed by atoms with Gasteiger partial charge in [-0.3, -0.25) is 0 Å². The second-order valence-electron chi connectivity index (χ2n) is 6.27. The van der Waals surface area contributed by atoms with Gasteiger partial charge in [0.05, 0.1) is 6.04 Å². The molecule has 1 unspecified atom stereocenters. The lowest BCUT2D eigenvalue weighted by molar-refractivity contribution is 0.118. The maximum absolute atomic E-state index is 6.08. The van der Waals surface area contributed by atoms with Gasteiger partial charge < -0.3 is 10.1 Å². The number of benzene rings is 2. The lowest BCUT2D eigenvalue weighted by atomic mass is 9.94. The average molecular weight is 281 g/mol. The van der Waals surface area contributed by atoms with Gasteiger partial charge in [0.25, 0.3) is 0 Å². The van der Waals surface area contributed by atoms with Crippen LogP contribution in [0.25, 0.3) is 0 Å². The van der Waals surface area contributed by atoms with Gasteiger partial charge in [-0.15, -0.1) is 0 Å². The SMILES string of the molecule is CCCc1ccc(NC2c3ccccc3OC2(C)C)cc1. The molecule has 110 valence electrons. The maximum Gasteiger partial charge on any atom is 0.128 e. The van der Waals surface area contributed by atoms with Crippen LogP contribution in [0.1, 0.15) is 44.4 Å². The van der Waals surface area contributed by atoms with Crippen LogP contribution in [0, 0.1) is 0 Å². The summed E-state index contributed by atoms with van der Waals surface area (Å²) >= 11 is 0. The number of rotatable bonds is 4. The van der Waals surface area contributed by atoms with E-state index in [4.69, 9.17) is 4.74 Å². The quantitative estimate of drug-likeness (QED) is 0.855. The summed E-state index contributed by atoms with van der Waals surface area (Å²) in [7, 11) is 0. The highest BCUT2D eigenvalue weighted by molar-refractivity contribution is 5.52. The van der Waals surface area contributed by atoms with E-state index < -0.39 is 0 Å². The Balaban J connectivity index is 1.83. The molecule has 1 atom stereocenters. The van der Waals surface area contributed by atoms with E-state index in [-0.39, 0.29) is 11.6 Å². The van der Waals surface area contributed by atoms with E-state index in [1.165, 1.54) is 17.5 Å². The van der Waals surface area contributed by atoms with Gasteiger partial charge in [-0.05, 0) is 44.0 Å². The van der Waals surface area contributed by atoms with Crippen molar-refractivity contribution in [3.63, 3.8) is 0 Å². The maximum atomic E-state index is 6.08. The highest BCUT2D eigenvalue weighted by Crippen LogP contribution is 2.44. The number of aryl methyl sites for hydroxylation is 1. The molecule has 1 aliphatic rings.